The molecule has 0 atom stereocenters. The molecule has 20 heavy (non-hydrogen) atoms. The lowest BCUT2D eigenvalue weighted by atomic mass is 9.98. The van der Waals surface area contributed by atoms with E-state index in [0.717, 1.165) is 10.8 Å². The molecule has 2 heterocycles. The molecule has 0 bridgehead atoms. The summed E-state index contributed by atoms with van der Waals surface area (Å²) in [6.07, 6.45) is 3.03. The first kappa shape index (κ1) is 14.5. The van der Waals surface area contributed by atoms with Crippen LogP contribution in [0.15, 0.2) is 22.6 Å². The van der Waals surface area contributed by atoms with Crippen molar-refractivity contribution in [1.82, 2.24) is 10.2 Å². The topological polar surface area (TPSA) is 68.0 Å². The number of anilines is 1. The number of rotatable bonds is 3. The number of hydrogen-bond donors (Lipinski definition) is 1. The molecule has 1 amide bonds. The highest BCUT2D eigenvalue weighted by molar-refractivity contribution is 7.15. The summed E-state index contributed by atoms with van der Waals surface area (Å²) in [7, 11) is 0. The number of nitrogens with one attached hydrogen (secondary N) is 1. The molecule has 0 saturated heterocycles. The molecule has 0 radical (unpaired) electrons. The summed E-state index contributed by atoms with van der Waals surface area (Å²) < 4.78 is 5.34. The molecule has 106 valence electrons. The van der Waals surface area contributed by atoms with Crippen LogP contribution >= 0.6 is 11.3 Å². The Bertz CT molecular complexity index is 635. The molecule has 0 aliphatic heterocycles. The Morgan fingerprint density at radius 3 is 2.65 bits per heavy atom. The summed E-state index contributed by atoms with van der Waals surface area (Å²) in [5, 5.41) is 12.1. The van der Waals surface area contributed by atoms with Gasteiger partial charge in [-0.15, -0.1) is 10.2 Å². The van der Waals surface area contributed by atoms with E-state index in [1.165, 1.54) is 17.4 Å². The lowest BCUT2D eigenvalue weighted by Gasteiger charge is -2.12. The van der Waals surface area contributed by atoms with Gasteiger partial charge >= 0.3 is 0 Å². The van der Waals surface area contributed by atoms with Crippen LogP contribution in [0.4, 0.5) is 5.13 Å². The minimum absolute atomic E-state index is 0.0673. The lowest BCUT2D eigenvalue weighted by Crippen LogP contribution is -2.10. The highest BCUT2D eigenvalue weighted by atomic mass is 32.1. The summed E-state index contributed by atoms with van der Waals surface area (Å²) in [6.45, 7) is 8.02. The third-order valence-corrected chi connectivity index (χ3v) is 3.72. The van der Waals surface area contributed by atoms with Gasteiger partial charge in [0.2, 0.25) is 11.0 Å². The summed E-state index contributed by atoms with van der Waals surface area (Å²) in [5.74, 6) is 1.20. The molecule has 5 nitrogen and oxygen atoms in total. The van der Waals surface area contributed by atoms with Crippen molar-refractivity contribution in [2.45, 2.75) is 33.1 Å². The third kappa shape index (κ3) is 3.77. The van der Waals surface area contributed by atoms with Gasteiger partial charge in [0.1, 0.15) is 16.5 Å². The summed E-state index contributed by atoms with van der Waals surface area (Å²) in [4.78, 5) is 11.8. The van der Waals surface area contributed by atoms with Gasteiger partial charge in [0.15, 0.2) is 0 Å². The van der Waals surface area contributed by atoms with Gasteiger partial charge in [-0.2, -0.15) is 0 Å². The number of aryl methyl sites for hydroxylation is 1. The molecule has 0 aliphatic rings. The van der Waals surface area contributed by atoms with Crippen LogP contribution in [0.25, 0.3) is 6.08 Å². The van der Waals surface area contributed by atoms with Gasteiger partial charge < -0.3 is 4.42 Å². The molecule has 0 unspecified atom stereocenters. The van der Waals surface area contributed by atoms with Crippen LogP contribution < -0.4 is 5.32 Å². The Morgan fingerprint density at radius 1 is 1.35 bits per heavy atom. The van der Waals surface area contributed by atoms with Crippen molar-refractivity contribution < 1.29 is 9.21 Å². The number of carbonyl (C=O) groups is 1. The molecule has 6 heteroatoms. The number of nitrogens with zero attached hydrogens (tertiary/aromatic N) is 2. The van der Waals surface area contributed by atoms with Crippen LogP contribution in [0.1, 0.15) is 37.3 Å². The molecule has 0 saturated carbocycles. The van der Waals surface area contributed by atoms with Crippen molar-refractivity contribution in [1.29, 1.82) is 0 Å². The van der Waals surface area contributed by atoms with E-state index in [9.17, 15) is 4.79 Å². The Morgan fingerprint density at radius 2 is 2.10 bits per heavy atom. The number of aromatic nitrogens is 2. The quantitative estimate of drug-likeness (QED) is 0.880. The van der Waals surface area contributed by atoms with E-state index in [1.54, 1.807) is 6.08 Å². The average molecular weight is 291 g/mol. The molecule has 2 rings (SSSR count). The predicted molar refractivity (Wildman–Crippen MR) is 79.7 cm³/mol. The predicted octanol–water partition coefficient (Wildman–Crippen LogP) is 3.39. The van der Waals surface area contributed by atoms with Crippen molar-refractivity contribution in [2.24, 2.45) is 0 Å². The Hall–Kier alpha value is -1.95. The van der Waals surface area contributed by atoms with E-state index in [2.05, 4.69) is 36.3 Å². The minimum Gasteiger partial charge on any atom is -0.462 e. The third-order valence-electron chi connectivity index (χ3n) is 2.46. The highest BCUT2D eigenvalue weighted by Crippen LogP contribution is 2.27. The first-order chi connectivity index (χ1) is 9.34. The number of furan rings is 1. The van der Waals surface area contributed by atoms with Crippen LogP contribution in [0.3, 0.4) is 0 Å². The fourth-order valence-corrected chi connectivity index (χ4v) is 2.23. The zero-order chi connectivity index (χ0) is 14.8. The molecule has 0 spiro atoms. The van der Waals surface area contributed by atoms with Crippen molar-refractivity contribution in [3.8, 4) is 0 Å². The largest absolute Gasteiger partial charge is 0.462 e. The van der Waals surface area contributed by atoms with Gasteiger partial charge in [-0.1, -0.05) is 32.1 Å². The summed E-state index contributed by atoms with van der Waals surface area (Å²) >= 11 is 1.38. The van der Waals surface area contributed by atoms with Crippen LogP contribution in [0, 0.1) is 6.92 Å². The van der Waals surface area contributed by atoms with Gasteiger partial charge in [-0.05, 0) is 25.1 Å². The maximum atomic E-state index is 11.8. The van der Waals surface area contributed by atoms with E-state index < -0.39 is 0 Å². The Kier molecular flexibility index (Phi) is 4.04. The van der Waals surface area contributed by atoms with Gasteiger partial charge in [0, 0.05) is 11.5 Å². The molecule has 2 aromatic heterocycles. The fourth-order valence-electron chi connectivity index (χ4n) is 1.42. The molecule has 1 N–H and O–H groups in total. The molecule has 0 aromatic carbocycles. The van der Waals surface area contributed by atoms with E-state index in [1.807, 2.05) is 19.1 Å². The van der Waals surface area contributed by atoms with Crippen molar-refractivity contribution in [3.63, 3.8) is 0 Å². The Balaban J connectivity index is 1.98. The zero-order valence-electron chi connectivity index (χ0n) is 11.9. The normalized spacial score (nSPS) is 12.0. The second kappa shape index (κ2) is 5.58. The monoisotopic (exact) mass is 291 g/mol. The summed E-state index contributed by atoms with van der Waals surface area (Å²) in [6, 6.07) is 3.65. The van der Waals surface area contributed by atoms with Gasteiger partial charge in [-0.25, -0.2) is 0 Å². The first-order valence-electron chi connectivity index (χ1n) is 6.24. The van der Waals surface area contributed by atoms with E-state index in [-0.39, 0.29) is 11.3 Å². The minimum atomic E-state index is -0.254. The molecule has 0 fully saturated rings. The number of amides is 1. The SMILES string of the molecule is Cc1ccc(/C=C/C(=O)Nc2nnc(C(C)(C)C)s2)o1. The van der Waals surface area contributed by atoms with Crippen LogP contribution in [-0.2, 0) is 10.2 Å². The second-order valence-corrected chi connectivity index (χ2v) is 6.41. The molecular weight excluding hydrogens is 274 g/mol. The van der Waals surface area contributed by atoms with Crippen molar-refractivity contribution in [3.05, 3.63) is 34.7 Å². The van der Waals surface area contributed by atoms with Crippen LogP contribution in [0.5, 0.6) is 0 Å². The molecule has 0 aliphatic carbocycles. The fraction of sp³-hybridized carbons (Fsp3) is 0.357. The summed E-state index contributed by atoms with van der Waals surface area (Å²) in [5.41, 5.74) is -0.0673. The van der Waals surface area contributed by atoms with Gasteiger partial charge in [0.05, 0.1) is 0 Å². The maximum absolute atomic E-state index is 11.8. The first-order valence-corrected chi connectivity index (χ1v) is 7.06. The maximum Gasteiger partial charge on any atom is 0.250 e. The standard InChI is InChI=1S/C14H17N3O2S/c1-9-5-6-10(19-9)7-8-11(18)15-13-17-16-12(20-13)14(2,3)4/h5-8H,1-4H3,(H,15,17,18)/b8-7+. The Labute approximate surface area is 121 Å². The van der Waals surface area contributed by atoms with E-state index in [4.69, 9.17) is 4.42 Å². The van der Waals surface area contributed by atoms with Gasteiger partial charge in [-0.3, -0.25) is 10.1 Å². The highest BCUT2D eigenvalue weighted by Gasteiger charge is 2.19. The molecule has 2 aromatic rings. The lowest BCUT2D eigenvalue weighted by molar-refractivity contribution is -0.111. The van der Waals surface area contributed by atoms with Crippen LogP contribution in [-0.4, -0.2) is 16.1 Å². The number of carbonyl (C=O) groups excluding carboxylic acids is 1. The van der Waals surface area contributed by atoms with Crippen LogP contribution in [0.2, 0.25) is 0 Å². The smallest absolute Gasteiger partial charge is 0.250 e. The van der Waals surface area contributed by atoms with Crippen molar-refractivity contribution >= 4 is 28.5 Å². The van der Waals surface area contributed by atoms with E-state index >= 15 is 0 Å². The second-order valence-electron chi connectivity index (χ2n) is 5.43. The van der Waals surface area contributed by atoms with Crippen molar-refractivity contribution in [2.75, 3.05) is 5.32 Å². The van der Waals surface area contributed by atoms with Gasteiger partial charge in [0.25, 0.3) is 0 Å². The molecular formula is C14H17N3O2S. The number of hydrogen-bond acceptors (Lipinski definition) is 5. The van der Waals surface area contributed by atoms with E-state index in [0.29, 0.717) is 10.9 Å². The zero-order valence-corrected chi connectivity index (χ0v) is 12.7. The average Bonchev–Trinajstić information content (AvgIpc) is 2.95.